The number of carbonyl (C=O) groups is 4. The van der Waals surface area contributed by atoms with E-state index in [1.165, 1.54) is 0 Å². The van der Waals surface area contributed by atoms with Gasteiger partial charge in [0.05, 0.1) is 6.04 Å². The van der Waals surface area contributed by atoms with Crippen LogP contribution in [0.3, 0.4) is 0 Å². The average Bonchev–Trinajstić information content (AvgIpc) is 2.99. The zero-order valence-corrected chi connectivity index (χ0v) is 26.6. The van der Waals surface area contributed by atoms with Crippen molar-refractivity contribution in [1.82, 2.24) is 16.0 Å². The lowest BCUT2D eigenvalue weighted by Crippen LogP contribution is -2.58. The predicted molar refractivity (Wildman–Crippen MR) is 177 cm³/mol. The minimum absolute atomic E-state index is 0.0337. The number of aromatic hydroxyl groups is 1. The van der Waals surface area contributed by atoms with Gasteiger partial charge in [0.1, 0.15) is 23.9 Å². The number of nitrogens with one attached hydrogen (secondary N) is 3. The summed E-state index contributed by atoms with van der Waals surface area (Å²) in [4.78, 5) is 56.7. The number of hydrogen-bond acceptors (Lipinski definition) is 8. The molecule has 0 saturated carbocycles. The Morgan fingerprint density at radius 3 is 1.93 bits per heavy atom. The van der Waals surface area contributed by atoms with Crippen LogP contribution in [-0.4, -0.2) is 72.0 Å². The van der Waals surface area contributed by atoms with E-state index >= 15 is 0 Å². The summed E-state index contributed by atoms with van der Waals surface area (Å²) in [5.74, 6) is -2.59. The molecular formula is C32H49N9O5. The van der Waals surface area contributed by atoms with Gasteiger partial charge in [-0.3, -0.25) is 24.2 Å². The van der Waals surface area contributed by atoms with Crippen LogP contribution in [0.2, 0.25) is 0 Å². The summed E-state index contributed by atoms with van der Waals surface area (Å²) < 4.78 is 0. The Morgan fingerprint density at radius 2 is 1.35 bits per heavy atom. The van der Waals surface area contributed by atoms with Crippen LogP contribution in [0.15, 0.2) is 47.5 Å². The number of nitrogens with two attached hydrogens (primary N) is 5. The van der Waals surface area contributed by atoms with Crippen LogP contribution in [0.1, 0.15) is 54.4 Å². The van der Waals surface area contributed by atoms with Gasteiger partial charge in [-0.15, -0.1) is 0 Å². The van der Waals surface area contributed by atoms with Gasteiger partial charge in [0.25, 0.3) is 0 Å². The summed E-state index contributed by atoms with van der Waals surface area (Å²) >= 11 is 0. The van der Waals surface area contributed by atoms with E-state index in [2.05, 4.69) is 20.9 Å². The van der Waals surface area contributed by atoms with Crippen molar-refractivity contribution in [2.24, 2.45) is 33.7 Å². The number of hydrogen-bond donors (Lipinski definition) is 9. The molecule has 0 fully saturated rings. The molecule has 0 aliphatic rings. The largest absolute Gasteiger partial charge is 0.508 e. The summed E-state index contributed by atoms with van der Waals surface area (Å²) in [6.45, 7) is 4.18. The molecule has 0 unspecified atom stereocenters. The molecule has 0 heterocycles. The Bertz CT molecular complexity index is 1330. The number of aliphatic imine (C=N–C) groups is 1. The molecule has 2 aromatic carbocycles. The number of nitrogens with zero attached hydrogens (tertiary/aromatic N) is 1. The summed E-state index contributed by atoms with van der Waals surface area (Å²) in [6.07, 6.45) is 2.23. The fraction of sp³-hybridized carbons (Fsp3) is 0.469. The average molecular weight is 640 g/mol. The van der Waals surface area contributed by atoms with Crippen LogP contribution in [-0.2, 0) is 32.0 Å². The smallest absolute Gasteiger partial charge is 0.243 e. The molecule has 2 rings (SSSR count). The van der Waals surface area contributed by atoms with Gasteiger partial charge in [-0.05, 0) is 93.3 Å². The maximum absolute atomic E-state index is 13.8. The van der Waals surface area contributed by atoms with Crippen molar-refractivity contribution in [2.45, 2.75) is 83.0 Å². The second-order valence-corrected chi connectivity index (χ2v) is 11.4. The lowest BCUT2D eigenvalue weighted by molar-refractivity contribution is -0.133. The predicted octanol–water partition coefficient (Wildman–Crippen LogP) is -0.756. The normalized spacial score (nSPS) is 13.5. The van der Waals surface area contributed by atoms with Crippen LogP contribution in [0.5, 0.6) is 5.75 Å². The first-order valence-corrected chi connectivity index (χ1v) is 15.4. The van der Waals surface area contributed by atoms with Crippen LogP contribution >= 0.6 is 0 Å². The van der Waals surface area contributed by atoms with E-state index in [1.54, 1.807) is 26.0 Å². The van der Waals surface area contributed by atoms with Crippen molar-refractivity contribution in [1.29, 1.82) is 0 Å². The van der Waals surface area contributed by atoms with Crippen molar-refractivity contribution in [3.63, 3.8) is 0 Å². The standard InChI is InChI=1S/C32H49N9O5/c1-19-15-22(42)16-20(2)23(19)18-27(31(46)39-25(28(35)43)11-6-7-13-33)41-30(45)26(12-8-14-38-32(36)37)40-29(44)24(34)17-21-9-4-3-5-10-21/h3-5,9-10,15-16,24-27,42H,6-8,11-14,17-18,33-34H2,1-2H3,(H2,35,43)(H,39,46)(H,40,44)(H,41,45)(H4,36,37,38)/t24-,25-,26-,27-/m0/s1. The number of guanidine groups is 1. The molecule has 0 aromatic heterocycles. The third kappa shape index (κ3) is 12.7. The molecule has 14 N–H and O–H groups in total. The number of phenolic OH excluding ortho intramolecular Hbond substituents is 1. The summed E-state index contributed by atoms with van der Waals surface area (Å²) in [5.41, 5.74) is 31.2. The number of benzene rings is 2. The first-order valence-electron chi connectivity index (χ1n) is 15.4. The van der Waals surface area contributed by atoms with E-state index in [0.717, 1.165) is 11.1 Å². The first-order chi connectivity index (χ1) is 21.8. The van der Waals surface area contributed by atoms with Gasteiger partial charge >= 0.3 is 0 Å². The first kappa shape index (κ1) is 37.5. The summed E-state index contributed by atoms with van der Waals surface area (Å²) in [6, 6.07) is 8.15. The molecule has 4 atom stereocenters. The molecule has 0 radical (unpaired) electrons. The number of unbranched alkanes of at least 4 members (excludes halogenated alkanes) is 1. The Morgan fingerprint density at radius 1 is 0.783 bits per heavy atom. The number of phenols is 1. The highest BCUT2D eigenvalue weighted by Gasteiger charge is 2.30. The minimum atomic E-state index is -1.17. The SMILES string of the molecule is Cc1cc(O)cc(C)c1C[C@H](NC(=O)[C@H](CCCN=C(N)N)NC(=O)[C@@H](N)Cc1ccccc1)C(=O)N[C@@H](CCCCN)C(N)=O. The highest BCUT2D eigenvalue weighted by Crippen LogP contribution is 2.22. The molecule has 0 spiro atoms. The molecule has 252 valence electrons. The third-order valence-corrected chi connectivity index (χ3v) is 7.54. The Labute approximate surface area is 269 Å². The zero-order chi connectivity index (χ0) is 34.2. The molecule has 0 bridgehead atoms. The molecule has 46 heavy (non-hydrogen) atoms. The van der Waals surface area contributed by atoms with E-state index < -0.39 is 47.8 Å². The third-order valence-electron chi connectivity index (χ3n) is 7.54. The Hall–Kier alpha value is -4.69. The molecule has 0 aliphatic heterocycles. The summed E-state index contributed by atoms with van der Waals surface area (Å²) in [5, 5.41) is 18.2. The molecule has 14 nitrogen and oxygen atoms in total. The van der Waals surface area contributed by atoms with E-state index in [-0.39, 0.29) is 43.9 Å². The number of primary amides is 1. The lowest BCUT2D eigenvalue weighted by Gasteiger charge is -2.26. The monoisotopic (exact) mass is 639 g/mol. The molecule has 0 aliphatic carbocycles. The second kappa shape index (κ2) is 19.0. The quantitative estimate of drug-likeness (QED) is 0.0530. The number of carbonyl (C=O) groups excluding carboxylic acids is 4. The molecule has 14 heteroatoms. The van der Waals surface area contributed by atoms with Crippen molar-refractivity contribution in [2.75, 3.05) is 13.1 Å². The van der Waals surface area contributed by atoms with Crippen molar-refractivity contribution < 1.29 is 24.3 Å². The number of rotatable bonds is 19. The Kier molecular flexibility index (Phi) is 15.5. The van der Waals surface area contributed by atoms with E-state index in [1.807, 2.05) is 30.3 Å². The maximum Gasteiger partial charge on any atom is 0.243 e. The van der Waals surface area contributed by atoms with Gasteiger partial charge in [-0.1, -0.05) is 30.3 Å². The van der Waals surface area contributed by atoms with E-state index in [9.17, 15) is 24.3 Å². The van der Waals surface area contributed by atoms with E-state index in [4.69, 9.17) is 28.7 Å². The maximum atomic E-state index is 13.8. The summed E-state index contributed by atoms with van der Waals surface area (Å²) in [7, 11) is 0. The molecular weight excluding hydrogens is 590 g/mol. The zero-order valence-electron chi connectivity index (χ0n) is 26.6. The van der Waals surface area contributed by atoms with Crippen molar-refractivity contribution >= 4 is 29.6 Å². The molecule has 0 saturated heterocycles. The molecule has 2 aromatic rings. The van der Waals surface area contributed by atoms with Gasteiger partial charge < -0.3 is 49.7 Å². The van der Waals surface area contributed by atoms with Gasteiger partial charge in [0, 0.05) is 13.0 Å². The number of amides is 4. The van der Waals surface area contributed by atoms with Crippen molar-refractivity contribution in [3.8, 4) is 5.75 Å². The number of aryl methyl sites for hydroxylation is 2. The van der Waals surface area contributed by atoms with Gasteiger partial charge in [-0.25, -0.2) is 0 Å². The van der Waals surface area contributed by atoms with Gasteiger partial charge in [0.2, 0.25) is 23.6 Å². The van der Waals surface area contributed by atoms with Gasteiger partial charge in [-0.2, -0.15) is 0 Å². The topological polar surface area (TPSA) is 267 Å². The van der Waals surface area contributed by atoms with E-state index in [0.29, 0.717) is 36.9 Å². The fourth-order valence-corrected chi connectivity index (χ4v) is 5.04. The highest BCUT2D eigenvalue weighted by atomic mass is 16.3. The van der Waals surface area contributed by atoms with Crippen LogP contribution in [0.25, 0.3) is 0 Å². The second-order valence-electron chi connectivity index (χ2n) is 11.4. The Balaban J connectivity index is 2.34. The van der Waals surface area contributed by atoms with Crippen LogP contribution in [0.4, 0.5) is 0 Å². The van der Waals surface area contributed by atoms with Crippen LogP contribution in [0, 0.1) is 13.8 Å². The molecule has 4 amide bonds. The van der Waals surface area contributed by atoms with Crippen molar-refractivity contribution in [3.05, 3.63) is 64.7 Å². The fourth-order valence-electron chi connectivity index (χ4n) is 5.04. The minimum Gasteiger partial charge on any atom is -0.508 e. The van der Waals surface area contributed by atoms with Gasteiger partial charge in [0.15, 0.2) is 5.96 Å². The van der Waals surface area contributed by atoms with Crippen LogP contribution < -0.4 is 44.6 Å². The highest BCUT2D eigenvalue weighted by molar-refractivity contribution is 5.94. The lowest BCUT2D eigenvalue weighted by atomic mass is 9.95.